The number of hydrogen-bond donors (Lipinski definition) is 3. The van der Waals surface area contributed by atoms with Gasteiger partial charge in [0.25, 0.3) is 0 Å². The summed E-state index contributed by atoms with van der Waals surface area (Å²) in [6, 6.07) is 3.05. The molecule has 0 aliphatic heterocycles. The van der Waals surface area contributed by atoms with Gasteiger partial charge in [-0.1, -0.05) is 25.7 Å². The normalized spacial score (nSPS) is 16.8. The molecule has 0 unspecified atom stereocenters. The maximum Gasteiger partial charge on any atom is 0.319 e. The van der Waals surface area contributed by atoms with E-state index in [0.717, 1.165) is 38.5 Å². The maximum absolute atomic E-state index is 12.2. The molecule has 2 amide bonds. The average molecular weight is 401 g/mol. The number of amides is 2. The molecule has 0 spiro atoms. The Morgan fingerprint density at radius 3 is 2.33 bits per heavy atom. The molecule has 6 nitrogen and oxygen atoms in total. The van der Waals surface area contributed by atoms with E-state index in [1.807, 2.05) is 0 Å². The van der Waals surface area contributed by atoms with Crippen LogP contribution in [-0.2, 0) is 0 Å². The van der Waals surface area contributed by atoms with Crippen LogP contribution in [0.15, 0.2) is 16.6 Å². The summed E-state index contributed by atoms with van der Waals surface area (Å²) >= 11 is 3.40. The zero-order valence-corrected chi connectivity index (χ0v) is 15.7. The fraction of sp³-hybridized carbons (Fsp3) is 0.588. The summed E-state index contributed by atoms with van der Waals surface area (Å²) in [5.74, 6) is 1.10. The Balaban J connectivity index is 1.97. The number of carbonyl (C=O) groups excluding carboxylic acids is 1. The van der Waals surface area contributed by atoms with Crippen LogP contribution < -0.4 is 20.1 Å². The second kappa shape index (κ2) is 8.58. The summed E-state index contributed by atoms with van der Waals surface area (Å²) in [6.45, 7) is 0.254. The third kappa shape index (κ3) is 5.01. The van der Waals surface area contributed by atoms with Crippen LogP contribution in [0.5, 0.6) is 11.5 Å². The van der Waals surface area contributed by atoms with Gasteiger partial charge in [0.1, 0.15) is 0 Å². The quantitative estimate of drug-likeness (QED) is 0.658. The van der Waals surface area contributed by atoms with Gasteiger partial charge in [0.05, 0.1) is 25.5 Å². The van der Waals surface area contributed by atoms with Crippen LogP contribution in [0.2, 0.25) is 0 Å². The standard InChI is InChI=1S/C17H25BrN2O4/c1-23-14-9-12(18)13(10-15(14)24-2)20-16(21)19-11-17(22)7-5-3-4-6-8-17/h9-10,22H,3-8,11H2,1-2H3,(H2,19,20,21). The van der Waals surface area contributed by atoms with E-state index >= 15 is 0 Å². The smallest absolute Gasteiger partial charge is 0.319 e. The molecule has 1 aliphatic carbocycles. The van der Waals surface area contributed by atoms with E-state index in [1.54, 1.807) is 19.2 Å². The molecule has 134 valence electrons. The number of methoxy groups -OCH3 is 2. The lowest BCUT2D eigenvalue weighted by atomic mass is 9.95. The Kier molecular flexibility index (Phi) is 6.74. The van der Waals surface area contributed by atoms with Crippen LogP contribution >= 0.6 is 15.9 Å². The Labute approximate surface area is 151 Å². The number of carbonyl (C=O) groups is 1. The highest BCUT2D eigenvalue weighted by atomic mass is 79.9. The van der Waals surface area contributed by atoms with Crippen molar-refractivity contribution in [3.8, 4) is 11.5 Å². The van der Waals surface area contributed by atoms with E-state index in [9.17, 15) is 9.90 Å². The van der Waals surface area contributed by atoms with Gasteiger partial charge in [-0.3, -0.25) is 0 Å². The summed E-state index contributed by atoms with van der Waals surface area (Å²) in [5, 5.41) is 16.1. The zero-order valence-electron chi connectivity index (χ0n) is 14.2. The molecule has 7 heteroatoms. The third-order valence-corrected chi connectivity index (χ3v) is 4.99. The summed E-state index contributed by atoms with van der Waals surface area (Å²) in [5.41, 5.74) is -0.235. The van der Waals surface area contributed by atoms with E-state index in [4.69, 9.17) is 9.47 Å². The van der Waals surface area contributed by atoms with Crippen LogP contribution in [-0.4, -0.2) is 37.5 Å². The third-order valence-electron chi connectivity index (χ3n) is 4.33. The van der Waals surface area contributed by atoms with E-state index < -0.39 is 5.60 Å². The van der Waals surface area contributed by atoms with Crippen molar-refractivity contribution in [1.29, 1.82) is 0 Å². The van der Waals surface area contributed by atoms with Crippen LogP contribution in [0.4, 0.5) is 10.5 Å². The van der Waals surface area contributed by atoms with Gasteiger partial charge in [0.15, 0.2) is 11.5 Å². The van der Waals surface area contributed by atoms with Gasteiger partial charge in [-0.15, -0.1) is 0 Å². The predicted octanol–water partition coefficient (Wildman–Crippen LogP) is 3.67. The number of nitrogens with one attached hydrogen (secondary N) is 2. The molecule has 1 fully saturated rings. The van der Waals surface area contributed by atoms with Gasteiger partial charge >= 0.3 is 6.03 Å². The van der Waals surface area contributed by atoms with E-state index in [0.29, 0.717) is 21.7 Å². The molecule has 1 aromatic carbocycles. The van der Waals surface area contributed by atoms with Crippen LogP contribution in [0, 0.1) is 0 Å². The minimum atomic E-state index is -0.803. The van der Waals surface area contributed by atoms with Crippen molar-refractivity contribution in [2.45, 2.75) is 44.1 Å². The van der Waals surface area contributed by atoms with Crippen molar-refractivity contribution in [1.82, 2.24) is 5.32 Å². The topological polar surface area (TPSA) is 79.8 Å². The maximum atomic E-state index is 12.2. The van der Waals surface area contributed by atoms with Crippen LogP contribution in [0.1, 0.15) is 38.5 Å². The van der Waals surface area contributed by atoms with Gasteiger partial charge in [0.2, 0.25) is 0 Å². The zero-order chi connectivity index (χ0) is 17.6. The Morgan fingerprint density at radius 1 is 1.17 bits per heavy atom. The number of benzene rings is 1. The SMILES string of the molecule is COc1cc(Br)c(NC(=O)NCC2(O)CCCCCC2)cc1OC. The molecule has 1 aromatic rings. The van der Waals surface area contributed by atoms with Gasteiger partial charge < -0.3 is 25.2 Å². The minimum Gasteiger partial charge on any atom is -0.493 e. The molecule has 1 aliphatic rings. The van der Waals surface area contributed by atoms with Crippen molar-refractivity contribution in [3.05, 3.63) is 16.6 Å². The molecule has 0 saturated heterocycles. The molecule has 0 atom stereocenters. The first-order valence-corrected chi connectivity index (χ1v) is 8.95. The van der Waals surface area contributed by atoms with Crippen molar-refractivity contribution < 1.29 is 19.4 Å². The average Bonchev–Trinajstić information content (AvgIpc) is 2.79. The second-order valence-electron chi connectivity index (χ2n) is 6.13. The van der Waals surface area contributed by atoms with Crippen molar-refractivity contribution in [3.63, 3.8) is 0 Å². The number of hydrogen-bond acceptors (Lipinski definition) is 4. The minimum absolute atomic E-state index is 0.254. The van der Waals surface area contributed by atoms with Gasteiger partial charge in [-0.25, -0.2) is 4.79 Å². The first-order chi connectivity index (χ1) is 11.5. The number of rotatable bonds is 5. The molecule has 0 radical (unpaired) electrons. The van der Waals surface area contributed by atoms with E-state index in [-0.39, 0.29) is 12.6 Å². The summed E-state index contributed by atoms with van der Waals surface area (Å²) < 4.78 is 11.1. The van der Waals surface area contributed by atoms with Crippen molar-refractivity contribution in [2.24, 2.45) is 0 Å². The highest BCUT2D eigenvalue weighted by molar-refractivity contribution is 9.10. The summed E-state index contributed by atoms with van der Waals surface area (Å²) in [7, 11) is 3.09. The monoisotopic (exact) mass is 400 g/mol. The summed E-state index contributed by atoms with van der Waals surface area (Å²) in [4.78, 5) is 12.2. The predicted molar refractivity (Wildman–Crippen MR) is 96.9 cm³/mol. The van der Waals surface area contributed by atoms with E-state index in [2.05, 4.69) is 26.6 Å². The van der Waals surface area contributed by atoms with Crippen LogP contribution in [0.3, 0.4) is 0 Å². The van der Waals surface area contributed by atoms with Crippen molar-refractivity contribution in [2.75, 3.05) is 26.1 Å². The largest absolute Gasteiger partial charge is 0.493 e. The first-order valence-electron chi connectivity index (χ1n) is 8.16. The van der Waals surface area contributed by atoms with Gasteiger partial charge in [-0.2, -0.15) is 0 Å². The Bertz CT molecular complexity index is 572. The number of ether oxygens (including phenoxy) is 2. The molecule has 0 heterocycles. The first kappa shape index (κ1) is 18.9. The lowest BCUT2D eigenvalue weighted by Crippen LogP contribution is -2.44. The Hall–Kier alpha value is -1.47. The fourth-order valence-electron chi connectivity index (χ4n) is 2.92. The number of anilines is 1. The molecule has 0 bridgehead atoms. The fourth-order valence-corrected chi connectivity index (χ4v) is 3.35. The molecule has 0 aromatic heterocycles. The second-order valence-corrected chi connectivity index (χ2v) is 6.99. The number of urea groups is 1. The molecular formula is C17H25BrN2O4. The van der Waals surface area contributed by atoms with Crippen LogP contribution in [0.25, 0.3) is 0 Å². The lowest BCUT2D eigenvalue weighted by molar-refractivity contribution is 0.0281. The lowest BCUT2D eigenvalue weighted by Gasteiger charge is -2.26. The molecule has 24 heavy (non-hydrogen) atoms. The highest BCUT2D eigenvalue weighted by Gasteiger charge is 2.28. The van der Waals surface area contributed by atoms with E-state index in [1.165, 1.54) is 7.11 Å². The molecule has 2 rings (SSSR count). The van der Waals surface area contributed by atoms with Gasteiger partial charge in [-0.05, 0) is 28.8 Å². The summed E-state index contributed by atoms with van der Waals surface area (Å²) in [6.07, 6.45) is 5.75. The van der Waals surface area contributed by atoms with Crippen molar-refractivity contribution >= 4 is 27.6 Å². The molecular weight excluding hydrogens is 376 g/mol. The van der Waals surface area contributed by atoms with Gasteiger partial charge in [0, 0.05) is 23.2 Å². The molecule has 1 saturated carbocycles. The number of aliphatic hydroxyl groups is 1. The Morgan fingerprint density at radius 2 is 1.75 bits per heavy atom. The highest BCUT2D eigenvalue weighted by Crippen LogP contribution is 2.36. The molecule has 3 N–H and O–H groups in total. The number of halogens is 1.